The third-order valence-electron chi connectivity index (χ3n) is 3.43. The number of rotatable bonds is 3. The summed E-state index contributed by atoms with van der Waals surface area (Å²) in [5, 5.41) is 6.69. The van der Waals surface area contributed by atoms with Gasteiger partial charge in [-0.15, -0.1) is 11.3 Å². The molecule has 2 unspecified atom stereocenters. The third-order valence-corrected chi connectivity index (χ3v) is 4.95. The van der Waals surface area contributed by atoms with Crippen molar-refractivity contribution in [3.05, 3.63) is 21.3 Å². The van der Waals surface area contributed by atoms with Crippen molar-refractivity contribution >= 4 is 22.9 Å². The Hall–Kier alpha value is -0.0500. The highest BCUT2D eigenvalue weighted by Gasteiger charge is 2.23. The van der Waals surface area contributed by atoms with Crippen LogP contribution in [0.5, 0.6) is 0 Å². The van der Waals surface area contributed by atoms with Crippen LogP contribution >= 0.6 is 22.9 Å². The van der Waals surface area contributed by atoms with E-state index in [2.05, 4.69) is 17.6 Å². The second-order valence-corrected chi connectivity index (χ2v) is 5.96. The maximum absolute atomic E-state index is 6.24. The predicted octanol–water partition coefficient (Wildman–Crippen LogP) is 4.43. The summed E-state index contributed by atoms with van der Waals surface area (Å²) in [6.45, 7) is 3.27. The molecule has 0 spiro atoms. The summed E-state index contributed by atoms with van der Waals surface area (Å²) < 4.78 is 0. The molecule has 1 aliphatic carbocycles. The SMILES string of the molecule is CCNC1CCCCC(c2sccc2Cl)C1. The molecule has 1 aromatic heterocycles. The van der Waals surface area contributed by atoms with E-state index in [9.17, 15) is 0 Å². The Kier molecular flexibility index (Phi) is 4.68. The fraction of sp³-hybridized carbons (Fsp3) is 0.692. The summed E-state index contributed by atoms with van der Waals surface area (Å²) in [5.74, 6) is 0.680. The maximum Gasteiger partial charge on any atom is 0.0547 e. The van der Waals surface area contributed by atoms with Gasteiger partial charge in [0.15, 0.2) is 0 Å². The van der Waals surface area contributed by atoms with E-state index < -0.39 is 0 Å². The first-order valence-electron chi connectivity index (χ1n) is 6.27. The molecule has 0 radical (unpaired) electrons. The largest absolute Gasteiger partial charge is 0.314 e. The van der Waals surface area contributed by atoms with E-state index in [1.807, 2.05) is 17.4 Å². The Morgan fingerprint density at radius 1 is 1.44 bits per heavy atom. The van der Waals surface area contributed by atoms with E-state index in [0.29, 0.717) is 12.0 Å². The molecule has 0 saturated heterocycles. The first-order chi connectivity index (χ1) is 7.81. The van der Waals surface area contributed by atoms with Gasteiger partial charge in [-0.2, -0.15) is 0 Å². The van der Waals surface area contributed by atoms with E-state index in [-0.39, 0.29) is 0 Å². The summed E-state index contributed by atoms with van der Waals surface area (Å²) in [4.78, 5) is 1.41. The maximum atomic E-state index is 6.24. The van der Waals surface area contributed by atoms with Crippen LogP contribution in [-0.4, -0.2) is 12.6 Å². The van der Waals surface area contributed by atoms with Gasteiger partial charge in [0, 0.05) is 10.9 Å². The van der Waals surface area contributed by atoms with Crippen molar-refractivity contribution in [2.45, 2.75) is 51.0 Å². The molecule has 1 N–H and O–H groups in total. The van der Waals surface area contributed by atoms with Gasteiger partial charge in [0.2, 0.25) is 0 Å². The molecule has 0 aliphatic heterocycles. The first kappa shape index (κ1) is 12.4. The van der Waals surface area contributed by atoms with Crippen molar-refractivity contribution in [1.82, 2.24) is 5.32 Å². The molecule has 2 rings (SSSR count). The zero-order valence-electron chi connectivity index (χ0n) is 9.84. The Morgan fingerprint density at radius 3 is 2.94 bits per heavy atom. The van der Waals surface area contributed by atoms with Gasteiger partial charge >= 0.3 is 0 Å². The molecule has 1 aliphatic rings. The number of hydrogen-bond acceptors (Lipinski definition) is 2. The lowest BCUT2D eigenvalue weighted by Crippen LogP contribution is -2.29. The molecule has 1 nitrogen and oxygen atoms in total. The van der Waals surface area contributed by atoms with Crippen LogP contribution < -0.4 is 5.32 Å². The number of hydrogen-bond donors (Lipinski definition) is 1. The van der Waals surface area contributed by atoms with Gasteiger partial charge in [0.1, 0.15) is 0 Å². The molecule has 1 aromatic rings. The van der Waals surface area contributed by atoms with Gasteiger partial charge in [0.25, 0.3) is 0 Å². The van der Waals surface area contributed by atoms with Crippen molar-refractivity contribution in [2.24, 2.45) is 0 Å². The molecular formula is C13H20ClNS. The van der Waals surface area contributed by atoms with Gasteiger partial charge < -0.3 is 5.32 Å². The summed E-state index contributed by atoms with van der Waals surface area (Å²) in [6, 6.07) is 2.73. The Morgan fingerprint density at radius 2 is 2.25 bits per heavy atom. The number of halogens is 1. The topological polar surface area (TPSA) is 12.0 Å². The fourth-order valence-electron chi connectivity index (χ4n) is 2.67. The minimum absolute atomic E-state index is 0.680. The van der Waals surface area contributed by atoms with Crippen LogP contribution in [-0.2, 0) is 0 Å². The van der Waals surface area contributed by atoms with E-state index in [1.165, 1.54) is 37.0 Å². The highest BCUT2D eigenvalue weighted by Crippen LogP contribution is 2.38. The second kappa shape index (κ2) is 6.04. The average Bonchev–Trinajstić information content (AvgIpc) is 2.56. The Balaban J connectivity index is 2.05. The lowest BCUT2D eigenvalue weighted by atomic mass is 9.96. The Bertz CT molecular complexity index is 323. The molecule has 1 saturated carbocycles. The van der Waals surface area contributed by atoms with Crippen LogP contribution in [0.1, 0.15) is 49.8 Å². The van der Waals surface area contributed by atoms with Crippen molar-refractivity contribution in [2.75, 3.05) is 6.54 Å². The summed E-state index contributed by atoms with van der Waals surface area (Å²) in [5.41, 5.74) is 0. The summed E-state index contributed by atoms with van der Waals surface area (Å²) >= 11 is 8.07. The van der Waals surface area contributed by atoms with E-state index >= 15 is 0 Å². The van der Waals surface area contributed by atoms with Crippen molar-refractivity contribution in [3.8, 4) is 0 Å². The molecule has 2 atom stereocenters. The highest BCUT2D eigenvalue weighted by atomic mass is 35.5. The zero-order chi connectivity index (χ0) is 11.4. The standard InChI is InChI=1S/C13H20ClNS/c1-2-15-11-6-4-3-5-10(9-11)13-12(14)7-8-16-13/h7-8,10-11,15H,2-6,9H2,1H3. The highest BCUT2D eigenvalue weighted by molar-refractivity contribution is 7.10. The van der Waals surface area contributed by atoms with Gasteiger partial charge in [0.05, 0.1) is 5.02 Å². The van der Waals surface area contributed by atoms with Crippen LogP contribution in [0.25, 0.3) is 0 Å². The normalized spacial score (nSPS) is 26.6. The number of thiophene rings is 1. The first-order valence-corrected chi connectivity index (χ1v) is 7.53. The van der Waals surface area contributed by atoms with Crippen LogP contribution in [0, 0.1) is 0 Å². The molecule has 1 heterocycles. The van der Waals surface area contributed by atoms with E-state index in [0.717, 1.165) is 11.6 Å². The quantitative estimate of drug-likeness (QED) is 0.790. The molecule has 0 amide bonds. The van der Waals surface area contributed by atoms with Gasteiger partial charge in [-0.1, -0.05) is 31.4 Å². The van der Waals surface area contributed by atoms with Crippen LogP contribution in [0.3, 0.4) is 0 Å². The van der Waals surface area contributed by atoms with Gasteiger partial charge in [-0.3, -0.25) is 0 Å². The average molecular weight is 258 g/mol. The van der Waals surface area contributed by atoms with Crippen molar-refractivity contribution < 1.29 is 0 Å². The molecule has 16 heavy (non-hydrogen) atoms. The minimum Gasteiger partial charge on any atom is -0.314 e. The lowest BCUT2D eigenvalue weighted by Gasteiger charge is -2.20. The van der Waals surface area contributed by atoms with Crippen molar-refractivity contribution in [1.29, 1.82) is 0 Å². The smallest absolute Gasteiger partial charge is 0.0547 e. The third kappa shape index (κ3) is 2.99. The molecule has 3 heteroatoms. The lowest BCUT2D eigenvalue weighted by molar-refractivity contribution is 0.451. The van der Waals surface area contributed by atoms with Crippen LogP contribution in [0.4, 0.5) is 0 Å². The van der Waals surface area contributed by atoms with E-state index in [4.69, 9.17) is 11.6 Å². The second-order valence-electron chi connectivity index (χ2n) is 4.60. The Labute approximate surface area is 107 Å². The summed E-state index contributed by atoms with van der Waals surface area (Å²) in [6.07, 6.45) is 6.60. The molecule has 1 fully saturated rings. The van der Waals surface area contributed by atoms with Crippen LogP contribution in [0.15, 0.2) is 11.4 Å². The minimum atomic E-state index is 0.680. The van der Waals surface area contributed by atoms with Gasteiger partial charge in [-0.05, 0) is 43.2 Å². The predicted molar refractivity (Wildman–Crippen MR) is 72.6 cm³/mol. The van der Waals surface area contributed by atoms with Crippen molar-refractivity contribution in [3.63, 3.8) is 0 Å². The summed E-state index contributed by atoms with van der Waals surface area (Å²) in [7, 11) is 0. The van der Waals surface area contributed by atoms with Crippen LogP contribution in [0.2, 0.25) is 5.02 Å². The van der Waals surface area contributed by atoms with E-state index in [1.54, 1.807) is 0 Å². The molecule has 90 valence electrons. The molecular weight excluding hydrogens is 238 g/mol. The fourth-order valence-corrected chi connectivity index (χ4v) is 4.03. The molecule has 0 aromatic carbocycles. The molecule has 0 bridgehead atoms. The number of nitrogens with one attached hydrogen (secondary N) is 1. The zero-order valence-corrected chi connectivity index (χ0v) is 11.4. The monoisotopic (exact) mass is 257 g/mol. The van der Waals surface area contributed by atoms with Gasteiger partial charge in [-0.25, -0.2) is 0 Å².